The number of aliphatic hydroxyl groups excluding tert-OH is 1. The molecule has 1 N–H and O–H groups in total. The minimum atomic E-state index is -3.59. The molecule has 2 saturated heterocycles. The SMILES string of the molecule is CCn1cc(S(=O)(=O)N2CCN3CCOCC3(CO)C2)cn1. The van der Waals surface area contributed by atoms with E-state index < -0.39 is 15.6 Å². The molecule has 1 aromatic rings. The molecule has 0 radical (unpaired) electrons. The number of aryl methyl sites for hydroxylation is 1. The van der Waals surface area contributed by atoms with Gasteiger partial charge < -0.3 is 9.84 Å². The molecule has 8 nitrogen and oxygen atoms in total. The van der Waals surface area contributed by atoms with Gasteiger partial charge in [0.05, 0.1) is 31.6 Å². The smallest absolute Gasteiger partial charge is 0.246 e. The van der Waals surface area contributed by atoms with Crippen LogP contribution in [-0.2, 0) is 21.3 Å². The maximum atomic E-state index is 12.8. The predicted octanol–water partition coefficient (Wildman–Crippen LogP) is -1.03. The molecule has 3 heterocycles. The van der Waals surface area contributed by atoms with Crippen molar-refractivity contribution < 1.29 is 18.3 Å². The number of aromatic nitrogens is 2. The summed E-state index contributed by atoms with van der Waals surface area (Å²) in [4.78, 5) is 2.34. The van der Waals surface area contributed by atoms with E-state index in [1.54, 1.807) is 10.9 Å². The molecule has 0 spiro atoms. The lowest BCUT2D eigenvalue weighted by Gasteiger charge is -2.51. The summed E-state index contributed by atoms with van der Waals surface area (Å²) in [5.41, 5.74) is -0.635. The van der Waals surface area contributed by atoms with Gasteiger partial charge in [0.25, 0.3) is 0 Å². The number of fused-ring (bicyclic) bond motifs is 1. The molecule has 0 aromatic carbocycles. The van der Waals surface area contributed by atoms with Gasteiger partial charge in [-0.15, -0.1) is 0 Å². The van der Waals surface area contributed by atoms with E-state index in [9.17, 15) is 13.5 Å². The zero-order valence-electron chi connectivity index (χ0n) is 12.7. The van der Waals surface area contributed by atoms with E-state index in [4.69, 9.17) is 4.74 Å². The van der Waals surface area contributed by atoms with Gasteiger partial charge in [-0.3, -0.25) is 9.58 Å². The predicted molar refractivity (Wildman–Crippen MR) is 78.9 cm³/mol. The van der Waals surface area contributed by atoms with Gasteiger partial charge >= 0.3 is 0 Å². The van der Waals surface area contributed by atoms with E-state index in [0.29, 0.717) is 32.8 Å². The van der Waals surface area contributed by atoms with Gasteiger partial charge in [-0.05, 0) is 6.92 Å². The molecule has 2 fully saturated rings. The van der Waals surface area contributed by atoms with Crippen LogP contribution in [0.15, 0.2) is 17.3 Å². The van der Waals surface area contributed by atoms with E-state index >= 15 is 0 Å². The number of sulfonamides is 1. The minimum absolute atomic E-state index is 0.118. The first-order valence-electron chi connectivity index (χ1n) is 7.48. The van der Waals surface area contributed by atoms with E-state index in [1.165, 1.54) is 10.5 Å². The second-order valence-electron chi connectivity index (χ2n) is 5.79. The Labute approximate surface area is 130 Å². The molecule has 0 amide bonds. The Bertz CT molecular complexity index is 632. The summed E-state index contributed by atoms with van der Waals surface area (Å²) in [6.07, 6.45) is 2.93. The lowest BCUT2D eigenvalue weighted by molar-refractivity contribution is -0.114. The van der Waals surface area contributed by atoms with E-state index in [0.717, 1.165) is 6.54 Å². The Morgan fingerprint density at radius 1 is 1.41 bits per heavy atom. The van der Waals surface area contributed by atoms with Gasteiger partial charge in [0.2, 0.25) is 10.0 Å². The summed E-state index contributed by atoms with van der Waals surface area (Å²) in [5, 5.41) is 13.9. The van der Waals surface area contributed by atoms with Crippen molar-refractivity contribution in [2.75, 3.05) is 46.0 Å². The van der Waals surface area contributed by atoms with E-state index in [2.05, 4.69) is 10.00 Å². The number of rotatable bonds is 4. The fourth-order valence-corrected chi connectivity index (χ4v) is 4.57. The third-order valence-electron chi connectivity index (χ3n) is 4.50. The van der Waals surface area contributed by atoms with Gasteiger partial charge in [-0.25, -0.2) is 8.42 Å². The molecule has 0 aliphatic carbocycles. The molecular formula is C13H22N4O4S. The molecule has 1 atom stereocenters. The van der Waals surface area contributed by atoms with Gasteiger partial charge in [-0.1, -0.05) is 0 Å². The second kappa shape index (κ2) is 5.89. The third kappa shape index (κ3) is 2.56. The lowest BCUT2D eigenvalue weighted by atomic mass is 9.95. The van der Waals surface area contributed by atoms with Gasteiger partial charge in [-0.2, -0.15) is 9.40 Å². The molecule has 22 heavy (non-hydrogen) atoms. The number of ether oxygens (including phenoxy) is 1. The fraction of sp³-hybridized carbons (Fsp3) is 0.769. The molecule has 3 rings (SSSR count). The topological polar surface area (TPSA) is 87.9 Å². The molecule has 2 aliphatic heterocycles. The largest absolute Gasteiger partial charge is 0.394 e. The number of hydrogen-bond acceptors (Lipinski definition) is 6. The lowest BCUT2D eigenvalue weighted by Crippen LogP contribution is -2.69. The average Bonchev–Trinajstić information content (AvgIpc) is 3.04. The number of nitrogens with zero attached hydrogens (tertiary/aromatic N) is 4. The van der Waals surface area contributed by atoms with Crippen LogP contribution in [0.3, 0.4) is 0 Å². The molecule has 9 heteroatoms. The summed E-state index contributed by atoms with van der Waals surface area (Å²) in [6.45, 7) is 5.37. The van der Waals surface area contributed by atoms with Gasteiger partial charge in [0.15, 0.2) is 0 Å². The third-order valence-corrected chi connectivity index (χ3v) is 6.30. The number of aliphatic hydroxyl groups is 1. The van der Waals surface area contributed by atoms with Crippen molar-refractivity contribution in [2.45, 2.75) is 23.9 Å². The zero-order valence-corrected chi connectivity index (χ0v) is 13.5. The van der Waals surface area contributed by atoms with Crippen LogP contribution >= 0.6 is 0 Å². The second-order valence-corrected chi connectivity index (χ2v) is 7.73. The first-order valence-corrected chi connectivity index (χ1v) is 8.92. The summed E-state index contributed by atoms with van der Waals surface area (Å²) < 4.78 is 34.1. The Morgan fingerprint density at radius 3 is 2.91 bits per heavy atom. The normalized spacial score (nSPS) is 27.7. The van der Waals surface area contributed by atoms with Crippen molar-refractivity contribution in [2.24, 2.45) is 0 Å². The van der Waals surface area contributed by atoms with Crippen LogP contribution < -0.4 is 0 Å². The van der Waals surface area contributed by atoms with Crippen LogP contribution in [0.5, 0.6) is 0 Å². The van der Waals surface area contributed by atoms with Crippen LogP contribution in [-0.4, -0.2) is 84.0 Å². The number of hydrogen-bond donors (Lipinski definition) is 1. The number of morpholine rings is 1. The maximum Gasteiger partial charge on any atom is 0.246 e. The van der Waals surface area contributed by atoms with Gasteiger partial charge in [0, 0.05) is 38.9 Å². The van der Waals surface area contributed by atoms with Crippen LogP contribution in [0.25, 0.3) is 0 Å². The summed E-state index contributed by atoms with van der Waals surface area (Å²) in [7, 11) is -3.59. The Balaban J connectivity index is 1.85. The standard InChI is InChI=1S/C13H22N4O4S/c1-2-16-8-12(7-14-16)22(19,20)17-4-3-15-5-6-21-11-13(15,9-17)10-18/h7-8,18H,2-6,9-11H2,1H3. The van der Waals surface area contributed by atoms with Gasteiger partial charge in [0.1, 0.15) is 4.90 Å². The Hall–Kier alpha value is -1.00. The first-order chi connectivity index (χ1) is 10.5. The van der Waals surface area contributed by atoms with Crippen LogP contribution in [0.2, 0.25) is 0 Å². The molecule has 1 aromatic heterocycles. The minimum Gasteiger partial charge on any atom is -0.394 e. The van der Waals surface area contributed by atoms with Crippen molar-refractivity contribution in [3.8, 4) is 0 Å². The monoisotopic (exact) mass is 330 g/mol. The summed E-state index contributed by atoms with van der Waals surface area (Å²) >= 11 is 0. The fourth-order valence-electron chi connectivity index (χ4n) is 3.10. The van der Waals surface area contributed by atoms with Crippen LogP contribution in [0.4, 0.5) is 0 Å². The molecule has 1 unspecified atom stereocenters. The summed E-state index contributed by atoms with van der Waals surface area (Å²) in [6, 6.07) is 0. The van der Waals surface area contributed by atoms with E-state index in [1.807, 2.05) is 6.92 Å². The van der Waals surface area contributed by atoms with Crippen LogP contribution in [0.1, 0.15) is 6.92 Å². The van der Waals surface area contributed by atoms with Crippen molar-refractivity contribution in [3.63, 3.8) is 0 Å². The van der Waals surface area contributed by atoms with E-state index in [-0.39, 0.29) is 18.0 Å². The highest BCUT2D eigenvalue weighted by atomic mass is 32.2. The highest BCUT2D eigenvalue weighted by Crippen LogP contribution is 2.28. The highest BCUT2D eigenvalue weighted by molar-refractivity contribution is 7.89. The zero-order chi connectivity index (χ0) is 15.8. The molecule has 0 saturated carbocycles. The van der Waals surface area contributed by atoms with Crippen molar-refractivity contribution in [1.82, 2.24) is 19.0 Å². The van der Waals surface area contributed by atoms with Crippen molar-refractivity contribution in [3.05, 3.63) is 12.4 Å². The molecule has 2 aliphatic rings. The Kier molecular flexibility index (Phi) is 4.25. The maximum absolute atomic E-state index is 12.8. The average molecular weight is 330 g/mol. The van der Waals surface area contributed by atoms with Crippen molar-refractivity contribution in [1.29, 1.82) is 0 Å². The van der Waals surface area contributed by atoms with Crippen LogP contribution in [0, 0.1) is 0 Å². The highest BCUT2D eigenvalue weighted by Gasteiger charge is 2.46. The Morgan fingerprint density at radius 2 is 2.23 bits per heavy atom. The molecular weight excluding hydrogens is 308 g/mol. The summed E-state index contributed by atoms with van der Waals surface area (Å²) in [5.74, 6) is 0. The molecule has 0 bridgehead atoms. The first kappa shape index (κ1) is 15.9. The quantitative estimate of drug-likeness (QED) is 0.760. The molecule has 124 valence electrons. The number of piperazine rings is 1. The van der Waals surface area contributed by atoms with Crippen molar-refractivity contribution >= 4 is 10.0 Å².